The molecular weight excluding hydrogens is 418 g/mol. The van der Waals surface area contributed by atoms with Crippen LogP contribution in [0.1, 0.15) is 5.56 Å². The highest BCUT2D eigenvalue weighted by Gasteiger charge is 2.36. The van der Waals surface area contributed by atoms with Crippen LogP contribution in [0.3, 0.4) is 0 Å². The molecule has 28 heavy (non-hydrogen) atoms. The van der Waals surface area contributed by atoms with E-state index in [0.29, 0.717) is 4.31 Å². The molecule has 0 radical (unpaired) electrons. The Labute approximate surface area is 161 Å². The van der Waals surface area contributed by atoms with Gasteiger partial charge in [0.05, 0.1) is 19.4 Å². The first-order valence-corrected chi connectivity index (χ1v) is 9.57. The maximum atomic E-state index is 11.3. The summed E-state index contributed by atoms with van der Waals surface area (Å²) in [5.41, 5.74) is 9.99. The lowest BCUT2D eigenvalue weighted by Gasteiger charge is -2.28. The number of nitrogens with two attached hydrogens (primary N) is 2. The fourth-order valence-electron chi connectivity index (χ4n) is 1.77. The summed E-state index contributed by atoms with van der Waals surface area (Å²) in [6.45, 7) is 9.08. The van der Waals surface area contributed by atoms with Gasteiger partial charge in [-0.1, -0.05) is 0 Å². The molecule has 16 heteroatoms. The number of phenols is 1. The van der Waals surface area contributed by atoms with Crippen molar-refractivity contribution in [3.8, 4) is 5.75 Å². The largest absolute Gasteiger partial charge is 0.505 e. The Balaban J connectivity index is 0.00000352. The van der Waals surface area contributed by atoms with E-state index in [9.17, 15) is 28.2 Å². The Morgan fingerprint density at radius 3 is 1.93 bits per heavy atom. The van der Waals surface area contributed by atoms with Gasteiger partial charge in [0.1, 0.15) is 16.4 Å². The number of aliphatic imine (C=N–C) groups is 1. The van der Waals surface area contributed by atoms with Crippen LogP contribution in [0.5, 0.6) is 5.75 Å². The zero-order valence-corrected chi connectivity index (χ0v) is 16.1. The van der Waals surface area contributed by atoms with Crippen molar-refractivity contribution in [3.05, 3.63) is 51.4 Å². The second kappa shape index (κ2) is 9.53. The average molecular weight is 435 g/mol. The van der Waals surface area contributed by atoms with Crippen LogP contribution in [0, 0.1) is 14.7 Å². The number of nitrogens with zero attached hydrogens (tertiary/aromatic N) is 5. The monoisotopic (exact) mass is 435 g/mol. The van der Waals surface area contributed by atoms with Gasteiger partial charge in [0, 0.05) is 12.6 Å². The predicted molar refractivity (Wildman–Crippen MR) is 106 cm³/mol. The van der Waals surface area contributed by atoms with Crippen LogP contribution in [0.15, 0.2) is 54.7 Å². The Morgan fingerprint density at radius 2 is 1.57 bits per heavy atom. The fourth-order valence-corrected chi connectivity index (χ4v) is 3.16. The summed E-state index contributed by atoms with van der Waals surface area (Å²) in [6, 6.07) is 1.81. The molecule has 154 valence electrons. The zero-order chi connectivity index (χ0) is 22.3. The van der Waals surface area contributed by atoms with Gasteiger partial charge in [0.25, 0.3) is 20.9 Å². The van der Waals surface area contributed by atoms with Gasteiger partial charge in [0.15, 0.2) is 5.75 Å². The molecular formula is C12H17N7O7S2. The molecule has 0 aromatic heterocycles. The molecule has 1 rings (SSSR count). The number of aromatic hydroxyl groups is 1. The summed E-state index contributed by atoms with van der Waals surface area (Å²) in [5, 5.41) is 10.2. The molecule has 6 N–H and O–H groups in total. The van der Waals surface area contributed by atoms with Gasteiger partial charge in [-0.05, 0) is 18.9 Å². The first-order valence-electron chi connectivity index (χ1n) is 6.67. The molecule has 0 amide bonds. The van der Waals surface area contributed by atoms with Gasteiger partial charge in [-0.25, -0.2) is 0 Å². The molecule has 0 atom stereocenters. The standard InChI is InChI=1S/C10H13N7O7S2.C2H4/c1-13-8-6(25(22,23)24)4-3-5(9(8)18)7(11)10(12)17(2)26(14-19,15-20)16-21;1-2/h3-4,18H,1,11-12H2,2H3,(H,22,23,24);1-2H2/b10-7+;. The molecule has 0 aliphatic heterocycles. The normalized spacial score (nSPS) is 12.5. The van der Waals surface area contributed by atoms with Crippen molar-refractivity contribution in [3.63, 3.8) is 0 Å². The maximum Gasteiger partial charge on any atom is 0.296 e. The molecule has 0 bridgehead atoms. The Hall–Kier alpha value is -3.37. The number of benzene rings is 1. The van der Waals surface area contributed by atoms with Gasteiger partial charge < -0.3 is 16.6 Å². The minimum absolute atomic E-state index is 0.305. The molecule has 0 unspecified atom stereocenters. The van der Waals surface area contributed by atoms with Crippen LogP contribution in [0.25, 0.3) is 5.70 Å². The van der Waals surface area contributed by atoms with E-state index in [1.54, 1.807) is 0 Å². The van der Waals surface area contributed by atoms with Crippen LogP contribution < -0.4 is 11.5 Å². The summed E-state index contributed by atoms with van der Waals surface area (Å²) in [6.07, 6.45) is 0. The van der Waals surface area contributed by atoms with Crippen molar-refractivity contribution < 1.29 is 18.1 Å². The molecule has 0 saturated carbocycles. The third-order valence-electron chi connectivity index (χ3n) is 3.12. The van der Waals surface area contributed by atoms with Crippen molar-refractivity contribution in [2.75, 3.05) is 7.05 Å². The number of hydrogen-bond donors (Lipinski definition) is 4. The van der Waals surface area contributed by atoms with E-state index in [1.165, 1.54) is 0 Å². The van der Waals surface area contributed by atoms with Crippen molar-refractivity contribution in [1.29, 1.82) is 0 Å². The lowest BCUT2D eigenvalue weighted by atomic mass is 10.1. The minimum atomic E-state index is -4.74. The van der Waals surface area contributed by atoms with Crippen LogP contribution >= 0.6 is 10.8 Å². The van der Waals surface area contributed by atoms with Gasteiger partial charge >= 0.3 is 0 Å². The van der Waals surface area contributed by atoms with E-state index in [0.717, 1.165) is 19.2 Å². The molecule has 1 aromatic rings. The number of nitroso groups, excluding NO2 is 3. The summed E-state index contributed by atoms with van der Waals surface area (Å²) >= 11 is 0. The molecule has 1 aromatic carbocycles. The van der Waals surface area contributed by atoms with Crippen LogP contribution in [0.2, 0.25) is 0 Å². The number of rotatable bonds is 8. The first kappa shape index (κ1) is 24.6. The van der Waals surface area contributed by atoms with Gasteiger partial charge in [0.2, 0.25) is 0 Å². The molecule has 0 fully saturated rings. The van der Waals surface area contributed by atoms with E-state index in [1.807, 2.05) is 0 Å². The highest BCUT2D eigenvalue weighted by atomic mass is 32.3. The topological polar surface area (TPSA) is 231 Å². The molecule has 0 aliphatic carbocycles. The average Bonchev–Trinajstić information content (AvgIpc) is 2.69. The molecule has 0 aliphatic rings. The second-order valence-corrected chi connectivity index (χ2v) is 7.82. The third-order valence-corrected chi connectivity index (χ3v) is 5.54. The fraction of sp³-hybridized carbons (Fsp3) is 0.0833. The van der Waals surface area contributed by atoms with E-state index in [2.05, 4.69) is 38.6 Å². The maximum absolute atomic E-state index is 11.3. The number of phenolic OH excluding ortho intramolecular Hbond substituents is 1. The highest BCUT2D eigenvalue weighted by Crippen LogP contribution is 2.56. The Bertz CT molecular complexity index is 911. The highest BCUT2D eigenvalue weighted by molar-refractivity contribution is 8.28. The third kappa shape index (κ3) is 4.48. The van der Waals surface area contributed by atoms with Gasteiger partial charge in [-0.3, -0.25) is 13.9 Å². The first-order chi connectivity index (χ1) is 13.0. The lowest BCUT2D eigenvalue weighted by Crippen LogP contribution is -2.27. The predicted octanol–water partition coefficient (Wildman–Crippen LogP) is 2.01. The van der Waals surface area contributed by atoms with E-state index in [-0.39, 0.29) is 5.56 Å². The van der Waals surface area contributed by atoms with Gasteiger partial charge in [-0.2, -0.15) is 8.42 Å². The van der Waals surface area contributed by atoms with E-state index >= 15 is 0 Å². The smallest absolute Gasteiger partial charge is 0.296 e. The van der Waals surface area contributed by atoms with Crippen molar-refractivity contribution in [2.45, 2.75) is 4.90 Å². The Morgan fingerprint density at radius 1 is 1.11 bits per heavy atom. The Kier molecular flexibility index (Phi) is 8.39. The molecule has 0 heterocycles. The summed E-state index contributed by atoms with van der Waals surface area (Å²) in [7, 11) is -7.73. The van der Waals surface area contributed by atoms with Crippen molar-refractivity contribution in [1.82, 2.24) is 4.31 Å². The summed E-state index contributed by atoms with van der Waals surface area (Å²) in [4.78, 5) is 34.9. The van der Waals surface area contributed by atoms with Crippen molar-refractivity contribution >= 4 is 39.0 Å². The number of hydrogen-bond acceptors (Lipinski definition) is 13. The van der Waals surface area contributed by atoms with Crippen LogP contribution in [-0.2, 0) is 10.1 Å². The molecule has 0 saturated heterocycles. The molecule has 14 nitrogen and oxygen atoms in total. The van der Waals surface area contributed by atoms with Crippen molar-refractivity contribution in [2.24, 2.45) is 30.2 Å². The summed E-state index contributed by atoms with van der Waals surface area (Å²) in [5.74, 6) is -1.43. The lowest BCUT2D eigenvalue weighted by molar-refractivity contribution is 0.466. The van der Waals surface area contributed by atoms with Crippen LogP contribution in [0.4, 0.5) is 5.69 Å². The second-order valence-electron chi connectivity index (χ2n) is 4.45. The van der Waals surface area contributed by atoms with E-state index < -0.39 is 48.7 Å². The minimum Gasteiger partial charge on any atom is -0.505 e. The summed E-state index contributed by atoms with van der Waals surface area (Å²) < 4.78 is 39.0. The quantitative estimate of drug-likeness (QED) is 0.201. The van der Waals surface area contributed by atoms with Crippen LogP contribution in [-0.4, -0.2) is 36.1 Å². The zero-order valence-electron chi connectivity index (χ0n) is 14.4. The SMILES string of the molecule is C=C.C=Nc1c(S(=O)(=O)O)ccc(/C(N)=C(/N)N(C)S(N=O)(N=O)N=O)c1O. The molecule has 0 spiro atoms. The van der Waals surface area contributed by atoms with Gasteiger partial charge in [-0.15, -0.1) is 27.9 Å². The van der Waals surface area contributed by atoms with E-state index in [4.69, 9.17) is 16.0 Å².